The van der Waals surface area contributed by atoms with E-state index in [0.29, 0.717) is 24.4 Å². The summed E-state index contributed by atoms with van der Waals surface area (Å²) in [6, 6.07) is 3.10. The molecule has 0 saturated heterocycles. The van der Waals surface area contributed by atoms with E-state index in [4.69, 9.17) is 15.6 Å². The van der Waals surface area contributed by atoms with E-state index in [-0.39, 0.29) is 4.90 Å². The van der Waals surface area contributed by atoms with Crippen molar-refractivity contribution >= 4 is 21.4 Å². The van der Waals surface area contributed by atoms with Gasteiger partial charge in [0.1, 0.15) is 0 Å². The lowest BCUT2D eigenvalue weighted by Crippen LogP contribution is -2.24. The first kappa shape index (κ1) is 14.7. The van der Waals surface area contributed by atoms with Crippen LogP contribution in [0, 0.1) is 6.92 Å². The van der Waals surface area contributed by atoms with Gasteiger partial charge in [-0.05, 0) is 24.6 Å². The molecule has 1 aromatic rings. The maximum absolute atomic E-state index is 11.5. The fourth-order valence-corrected chi connectivity index (χ4v) is 2.57. The van der Waals surface area contributed by atoms with Crippen molar-refractivity contribution in [1.29, 1.82) is 0 Å². The van der Waals surface area contributed by atoms with Gasteiger partial charge < -0.3 is 15.4 Å². The average molecular weight is 273 g/mol. The number of anilines is 2. The highest BCUT2D eigenvalue weighted by Crippen LogP contribution is 2.28. The molecule has 0 aromatic heterocycles. The lowest BCUT2D eigenvalue weighted by molar-refractivity contribution is 0.206. The van der Waals surface area contributed by atoms with Crippen molar-refractivity contribution < 1.29 is 13.2 Å². The van der Waals surface area contributed by atoms with Gasteiger partial charge in [0.15, 0.2) is 0 Å². The van der Waals surface area contributed by atoms with Gasteiger partial charge >= 0.3 is 0 Å². The zero-order chi connectivity index (χ0) is 13.9. The van der Waals surface area contributed by atoms with Crippen LogP contribution in [0.1, 0.15) is 5.56 Å². The summed E-state index contributed by atoms with van der Waals surface area (Å²) in [6.45, 7) is 2.87. The van der Waals surface area contributed by atoms with Crippen LogP contribution in [0.5, 0.6) is 0 Å². The number of ether oxygens (including phenoxy) is 1. The van der Waals surface area contributed by atoms with Crippen molar-refractivity contribution in [1.82, 2.24) is 0 Å². The molecule has 0 radical (unpaired) electrons. The molecule has 0 aliphatic rings. The highest BCUT2D eigenvalue weighted by molar-refractivity contribution is 7.89. The predicted octanol–water partition coefficient (Wildman–Crippen LogP) is 0.307. The van der Waals surface area contributed by atoms with Gasteiger partial charge in [-0.25, -0.2) is 13.6 Å². The maximum atomic E-state index is 11.5. The molecule has 0 heterocycles. The first-order chi connectivity index (χ1) is 8.27. The van der Waals surface area contributed by atoms with Crippen molar-refractivity contribution in [3.63, 3.8) is 0 Å². The van der Waals surface area contributed by atoms with E-state index >= 15 is 0 Å². The first-order valence-electron chi connectivity index (χ1n) is 5.40. The summed E-state index contributed by atoms with van der Waals surface area (Å²) in [5.74, 6) is 0. The quantitative estimate of drug-likeness (QED) is 0.752. The summed E-state index contributed by atoms with van der Waals surface area (Å²) in [4.78, 5) is 1.94. The smallest absolute Gasteiger partial charge is 0.238 e. The Hall–Kier alpha value is -1.31. The molecule has 0 aliphatic heterocycles. The second kappa shape index (κ2) is 5.55. The van der Waals surface area contributed by atoms with E-state index in [2.05, 4.69) is 0 Å². The van der Waals surface area contributed by atoms with Crippen LogP contribution < -0.4 is 15.8 Å². The molecule has 0 unspecified atom stereocenters. The molecule has 4 N–H and O–H groups in total. The minimum Gasteiger partial charge on any atom is -0.399 e. The van der Waals surface area contributed by atoms with E-state index in [1.165, 1.54) is 6.07 Å². The third-order valence-corrected chi connectivity index (χ3v) is 3.74. The molecule has 6 nitrogen and oxygen atoms in total. The topological polar surface area (TPSA) is 98.7 Å². The molecule has 1 aromatic carbocycles. The molecule has 102 valence electrons. The number of methoxy groups -OCH3 is 1. The van der Waals surface area contributed by atoms with Crippen LogP contribution in [0.25, 0.3) is 0 Å². The summed E-state index contributed by atoms with van der Waals surface area (Å²) >= 11 is 0. The maximum Gasteiger partial charge on any atom is 0.238 e. The van der Waals surface area contributed by atoms with E-state index in [1.54, 1.807) is 20.1 Å². The molecule has 0 aliphatic carbocycles. The highest BCUT2D eigenvalue weighted by Gasteiger charge is 2.17. The SMILES string of the molecule is COCCN(C)c1cc(N)cc(S(N)(=O)=O)c1C. The zero-order valence-corrected chi connectivity index (χ0v) is 11.6. The number of benzene rings is 1. The van der Waals surface area contributed by atoms with Crippen molar-refractivity contribution in [3.05, 3.63) is 17.7 Å². The summed E-state index contributed by atoms with van der Waals surface area (Å²) in [6.07, 6.45) is 0. The van der Waals surface area contributed by atoms with Gasteiger partial charge in [-0.1, -0.05) is 0 Å². The minimum atomic E-state index is -3.77. The molecular weight excluding hydrogens is 254 g/mol. The van der Waals surface area contributed by atoms with Gasteiger partial charge in [0.25, 0.3) is 0 Å². The normalized spacial score (nSPS) is 11.6. The van der Waals surface area contributed by atoms with Crippen LogP contribution in [0.3, 0.4) is 0 Å². The van der Waals surface area contributed by atoms with Crippen LogP contribution in [-0.4, -0.2) is 35.7 Å². The van der Waals surface area contributed by atoms with Gasteiger partial charge in [-0.2, -0.15) is 0 Å². The first-order valence-corrected chi connectivity index (χ1v) is 6.95. The molecule has 0 atom stereocenters. The lowest BCUT2D eigenvalue weighted by Gasteiger charge is -2.22. The summed E-state index contributed by atoms with van der Waals surface area (Å²) in [5, 5.41) is 5.17. The van der Waals surface area contributed by atoms with E-state index in [9.17, 15) is 8.42 Å². The van der Waals surface area contributed by atoms with Gasteiger partial charge in [-0.15, -0.1) is 0 Å². The fraction of sp³-hybridized carbons (Fsp3) is 0.455. The van der Waals surface area contributed by atoms with Crippen LogP contribution in [-0.2, 0) is 14.8 Å². The molecular formula is C11H19N3O3S. The van der Waals surface area contributed by atoms with Gasteiger partial charge in [-0.3, -0.25) is 0 Å². The predicted molar refractivity (Wildman–Crippen MR) is 72.1 cm³/mol. The second-order valence-electron chi connectivity index (χ2n) is 4.12. The summed E-state index contributed by atoms with van der Waals surface area (Å²) < 4.78 is 27.9. The number of nitrogen functional groups attached to an aromatic ring is 1. The number of nitrogens with two attached hydrogens (primary N) is 2. The molecule has 7 heteroatoms. The number of primary sulfonamides is 1. The minimum absolute atomic E-state index is 0.0572. The van der Waals surface area contributed by atoms with Crippen LogP contribution in [0.15, 0.2) is 17.0 Å². The third kappa shape index (κ3) is 3.34. The average Bonchev–Trinajstić information content (AvgIpc) is 2.27. The Morgan fingerprint density at radius 2 is 2.00 bits per heavy atom. The molecule has 0 saturated carbocycles. The molecule has 0 bridgehead atoms. The molecule has 1 rings (SSSR count). The molecule has 18 heavy (non-hydrogen) atoms. The van der Waals surface area contributed by atoms with Crippen molar-refractivity contribution in [3.8, 4) is 0 Å². The Kier molecular flexibility index (Phi) is 4.55. The number of sulfonamides is 1. The van der Waals surface area contributed by atoms with Gasteiger partial charge in [0.05, 0.1) is 11.5 Å². The number of likely N-dealkylation sites (N-methyl/N-ethyl adjacent to an activating group) is 1. The molecule has 0 fully saturated rings. The number of hydrogen-bond acceptors (Lipinski definition) is 5. The van der Waals surface area contributed by atoms with E-state index in [0.717, 1.165) is 5.69 Å². The van der Waals surface area contributed by atoms with Crippen molar-refractivity contribution in [2.24, 2.45) is 5.14 Å². The second-order valence-corrected chi connectivity index (χ2v) is 5.65. The number of nitrogens with zero attached hydrogens (tertiary/aromatic N) is 1. The number of hydrogen-bond donors (Lipinski definition) is 2. The van der Waals surface area contributed by atoms with Crippen molar-refractivity contribution in [2.45, 2.75) is 11.8 Å². The fourth-order valence-electron chi connectivity index (χ4n) is 1.73. The van der Waals surface area contributed by atoms with Gasteiger partial charge in [0, 0.05) is 32.1 Å². The Bertz CT molecular complexity index is 529. The van der Waals surface area contributed by atoms with Crippen LogP contribution in [0.4, 0.5) is 11.4 Å². The van der Waals surface area contributed by atoms with E-state index in [1.807, 2.05) is 11.9 Å². The highest BCUT2D eigenvalue weighted by atomic mass is 32.2. The Morgan fingerprint density at radius 1 is 1.39 bits per heavy atom. The third-order valence-electron chi connectivity index (χ3n) is 2.70. The summed E-state index contributed by atoms with van der Waals surface area (Å²) in [5.41, 5.74) is 7.40. The number of rotatable bonds is 5. The lowest BCUT2D eigenvalue weighted by atomic mass is 10.1. The van der Waals surface area contributed by atoms with E-state index < -0.39 is 10.0 Å². The van der Waals surface area contributed by atoms with Crippen LogP contribution >= 0.6 is 0 Å². The zero-order valence-electron chi connectivity index (χ0n) is 10.8. The standard InChI is InChI=1S/C11H19N3O3S/c1-8-10(14(2)4-5-17-3)6-9(12)7-11(8)18(13,15)16/h6-7H,4-5,12H2,1-3H3,(H2,13,15,16). The Labute approximate surface area is 108 Å². The molecule has 0 amide bonds. The summed E-state index contributed by atoms with van der Waals surface area (Å²) in [7, 11) is -0.322. The molecule has 0 spiro atoms. The largest absolute Gasteiger partial charge is 0.399 e. The van der Waals surface area contributed by atoms with Crippen molar-refractivity contribution in [2.75, 3.05) is 37.9 Å². The monoisotopic (exact) mass is 273 g/mol. The Morgan fingerprint density at radius 3 is 2.50 bits per heavy atom. The van der Waals surface area contributed by atoms with Gasteiger partial charge in [0.2, 0.25) is 10.0 Å². The van der Waals surface area contributed by atoms with Crippen LogP contribution in [0.2, 0.25) is 0 Å². The Balaban J connectivity index is 3.25.